The third-order valence-corrected chi connectivity index (χ3v) is 2.26. The summed E-state index contributed by atoms with van der Waals surface area (Å²) in [6.07, 6.45) is 0. The van der Waals surface area contributed by atoms with Gasteiger partial charge < -0.3 is 10.4 Å². The molecule has 1 rings (SSSR count). The van der Waals surface area contributed by atoms with E-state index in [9.17, 15) is 9.90 Å². The molecule has 0 spiro atoms. The van der Waals surface area contributed by atoms with Crippen molar-refractivity contribution >= 4 is 17.5 Å². The Morgan fingerprint density at radius 3 is 2.93 bits per heavy atom. The van der Waals surface area contributed by atoms with Gasteiger partial charge in [0.15, 0.2) is 0 Å². The third kappa shape index (κ3) is 2.64. The lowest BCUT2D eigenvalue weighted by atomic mass is 10.1. The number of phenols is 1. The number of carbonyl (C=O) groups is 1. The number of nitrogens with one attached hydrogen (secondary N) is 1. The van der Waals surface area contributed by atoms with Crippen LogP contribution in [0.25, 0.3) is 0 Å². The van der Waals surface area contributed by atoms with Crippen molar-refractivity contribution < 1.29 is 9.90 Å². The number of hydrogen-bond donors (Lipinski definition) is 2. The van der Waals surface area contributed by atoms with Crippen LogP contribution in [0.3, 0.4) is 0 Å². The van der Waals surface area contributed by atoms with E-state index in [1.807, 2.05) is 6.07 Å². The highest BCUT2D eigenvalue weighted by Gasteiger charge is 2.03. The van der Waals surface area contributed by atoms with Crippen molar-refractivity contribution in [1.82, 2.24) is 5.32 Å². The molecular formula is C10H12ClNO2. The molecule has 0 heterocycles. The summed E-state index contributed by atoms with van der Waals surface area (Å²) in [4.78, 5) is 10.9. The number of aromatic hydroxyl groups is 1. The zero-order valence-electron chi connectivity index (χ0n) is 7.88. The number of alkyl halides is 1. The van der Waals surface area contributed by atoms with E-state index in [2.05, 4.69) is 5.32 Å². The highest BCUT2D eigenvalue weighted by molar-refractivity contribution is 6.27. The predicted octanol–water partition coefficient (Wildman–Crippen LogP) is 1.56. The maximum atomic E-state index is 10.9. The van der Waals surface area contributed by atoms with Crippen molar-refractivity contribution in [2.24, 2.45) is 0 Å². The number of halogens is 1. The summed E-state index contributed by atoms with van der Waals surface area (Å²) >= 11 is 5.33. The summed E-state index contributed by atoms with van der Waals surface area (Å²) in [6, 6.07) is 5.20. The maximum absolute atomic E-state index is 10.9. The van der Waals surface area contributed by atoms with Gasteiger partial charge in [0, 0.05) is 6.54 Å². The van der Waals surface area contributed by atoms with Crippen LogP contribution in [0, 0.1) is 6.92 Å². The van der Waals surface area contributed by atoms with E-state index in [1.54, 1.807) is 19.1 Å². The summed E-state index contributed by atoms with van der Waals surface area (Å²) in [5.74, 6) is -0.0188. The Labute approximate surface area is 87.7 Å². The fourth-order valence-electron chi connectivity index (χ4n) is 1.10. The monoisotopic (exact) mass is 213 g/mol. The molecule has 0 bridgehead atoms. The molecule has 1 amide bonds. The zero-order chi connectivity index (χ0) is 10.6. The second-order valence-corrected chi connectivity index (χ2v) is 3.24. The molecule has 0 atom stereocenters. The smallest absolute Gasteiger partial charge is 0.235 e. The average molecular weight is 214 g/mol. The Morgan fingerprint density at radius 2 is 2.29 bits per heavy atom. The van der Waals surface area contributed by atoms with Gasteiger partial charge in [-0.1, -0.05) is 12.1 Å². The minimum absolute atomic E-state index is 0.0438. The van der Waals surface area contributed by atoms with Gasteiger partial charge in [-0.2, -0.15) is 0 Å². The Hall–Kier alpha value is -1.22. The largest absolute Gasteiger partial charge is 0.508 e. The molecule has 0 unspecified atom stereocenters. The molecule has 0 fully saturated rings. The van der Waals surface area contributed by atoms with Crippen LogP contribution in [0.2, 0.25) is 0 Å². The molecule has 0 aliphatic carbocycles. The Kier molecular flexibility index (Phi) is 3.77. The fraction of sp³-hybridized carbons (Fsp3) is 0.300. The zero-order valence-corrected chi connectivity index (χ0v) is 8.64. The van der Waals surface area contributed by atoms with Crippen molar-refractivity contribution in [2.45, 2.75) is 13.5 Å². The first-order chi connectivity index (χ1) is 6.65. The van der Waals surface area contributed by atoms with Crippen LogP contribution in [0.4, 0.5) is 0 Å². The number of rotatable bonds is 3. The summed E-state index contributed by atoms with van der Waals surface area (Å²) in [7, 11) is 0. The highest BCUT2D eigenvalue weighted by atomic mass is 35.5. The van der Waals surface area contributed by atoms with Gasteiger partial charge in [0.1, 0.15) is 11.6 Å². The van der Waals surface area contributed by atoms with Crippen molar-refractivity contribution in [3.63, 3.8) is 0 Å². The van der Waals surface area contributed by atoms with E-state index in [4.69, 9.17) is 11.6 Å². The lowest BCUT2D eigenvalue weighted by Crippen LogP contribution is -2.24. The maximum Gasteiger partial charge on any atom is 0.235 e. The lowest BCUT2D eigenvalue weighted by Gasteiger charge is -2.07. The molecule has 4 heteroatoms. The van der Waals surface area contributed by atoms with Gasteiger partial charge in [0.2, 0.25) is 5.91 Å². The van der Waals surface area contributed by atoms with Crippen LogP contribution in [0.1, 0.15) is 11.1 Å². The normalized spacial score (nSPS) is 9.86. The van der Waals surface area contributed by atoms with Gasteiger partial charge >= 0.3 is 0 Å². The summed E-state index contributed by atoms with van der Waals surface area (Å²) in [6.45, 7) is 2.20. The van der Waals surface area contributed by atoms with Gasteiger partial charge in [-0.3, -0.25) is 4.79 Å². The molecular weight excluding hydrogens is 202 g/mol. The van der Waals surface area contributed by atoms with Crippen LogP contribution in [-0.4, -0.2) is 16.9 Å². The number of amides is 1. The Balaban J connectivity index is 2.68. The van der Waals surface area contributed by atoms with Crippen LogP contribution in [0.5, 0.6) is 5.75 Å². The van der Waals surface area contributed by atoms with Crippen molar-refractivity contribution in [3.05, 3.63) is 29.3 Å². The molecule has 0 saturated carbocycles. The van der Waals surface area contributed by atoms with Crippen molar-refractivity contribution in [1.29, 1.82) is 0 Å². The van der Waals surface area contributed by atoms with E-state index in [0.29, 0.717) is 6.54 Å². The molecule has 0 saturated heterocycles. The first-order valence-corrected chi connectivity index (χ1v) is 4.78. The quantitative estimate of drug-likeness (QED) is 0.749. The number of phenolic OH excluding ortho intramolecular Hbond substituents is 1. The van der Waals surface area contributed by atoms with E-state index < -0.39 is 0 Å². The van der Waals surface area contributed by atoms with Crippen LogP contribution < -0.4 is 5.32 Å². The van der Waals surface area contributed by atoms with E-state index in [1.165, 1.54) is 0 Å². The number of hydrogen-bond acceptors (Lipinski definition) is 2. The summed E-state index contributed by atoms with van der Waals surface area (Å²) in [5, 5.41) is 12.0. The van der Waals surface area contributed by atoms with Gasteiger partial charge in [-0.25, -0.2) is 0 Å². The minimum Gasteiger partial charge on any atom is -0.508 e. The molecule has 3 nitrogen and oxygen atoms in total. The van der Waals surface area contributed by atoms with Gasteiger partial charge in [0.05, 0.1) is 0 Å². The van der Waals surface area contributed by atoms with Crippen molar-refractivity contribution in [3.8, 4) is 5.75 Å². The van der Waals surface area contributed by atoms with Crippen LogP contribution in [-0.2, 0) is 11.3 Å². The number of carbonyl (C=O) groups excluding carboxylic acids is 1. The highest BCUT2D eigenvalue weighted by Crippen LogP contribution is 2.18. The standard InChI is InChI=1S/C10H12ClNO2/c1-7-8(3-2-4-9(7)13)6-12-10(14)5-11/h2-4,13H,5-6H2,1H3,(H,12,14). The molecule has 0 aromatic heterocycles. The average Bonchev–Trinajstić information content (AvgIpc) is 2.20. The second-order valence-electron chi connectivity index (χ2n) is 2.97. The van der Waals surface area contributed by atoms with E-state index in [-0.39, 0.29) is 17.5 Å². The molecule has 1 aromatic rings. The lowest BCUT2D eigenvalue weighted by molar-refractivity contribution is -0.118. The van der Waals surface area contributed by atoms with Crippen LogP contribution >= 0.6 is 11.6 Å². The summed E-state index contributed by atoms with van der Waals surface area (Å²) < 4.78 is 0. The topological polar surface area (TPSA) is 49.3 Å². The first kappa shape index (κ1) is 10.9. The molecule has 2 N–H and O–H groups in total. The van der Waals surface area contributed by atoms with Gasteiger partial charge in [-0.15, -0.1) is 11.6 Å². The minimum atomic E-state index is -0.214. The predicted molar refractivity (Wildman–Crippen MR) is 55.4 cm³/mol. The van der Waals surface area contributed by atoms with Crippen molar-refractivity contribution in [2.75, 3.05) is 5.88 Å². The van der Waals surface area contributed by atoms with Crippen LogP contribution in [0.15, 0.2) is 18.2 Å². The Morgan fingerprint density at radius 1 is 1.57 bits per heavy atom. The van der Waals surface area contributed by atoms with Gasteiger partial charge in [0.25, 0.3) is 0 Å². The molecule has 14 heavy (non-hydrogen) atoms. The third-order valence-electron chi connectivity index (χ3n) is 2.01. The van der Waals surface area contributed by atoms with E-state index >= 15 is 0 Å². The second kappa shape index (κ2) is 4.86. The molecule has 0 aliphatic heterocycles. The molecule has 1 aromatic carbocycles. The number of benzene rings is 1. The molecule has 0 aliphatic rings. The fourth-order valence-corrected chi connectivity index (χ4v) is 1.20. The SMILES string of the molecule is Cc1c(O)cccc1CNC(=O)CCl. The van der Waals surface area contributed by atoms with Gasteiger partial charge in [-0.05, 0) is 24.1 Å². The summed E-state index contributed by atoms with van der Waals surface area (Å²) in [5.41, 5.74) is 1.67. The Bertz CT molecular complexity index is 339. The first-order valence-electron chi connectivity index (χ1n) is 4.25. The van der Waals surface area contributed by atoms with E-state index in [0.717, 1.165) is 11.1 Å². The molecule has 0 radical (unpaired) electrons. The molecule has 76 valence electrons.